The number of rotatable bonds is 3. The van der Waals surface area contributed by atoms with Crippen molar-refractivity contribution in [1.82, 2.24) is 0 Å². The molecule has 0 saturated carbocycles. The van der Waals surface area contributed by atoms with E-state index in [1.54, 1.807) is 30.3 Å². The zero-order valence-electron chi connectivity index (χ0n) is 10.3. The van der Waals surface area contributed by atoms with Gasteiger partial charge in [0.25, 0.3) is 0 Å². The van der Waals surface area contributed by atoms with E-state index in [0.29, 0.717) is 16.7 Å². The van der Waals surface area contributed by atoms with Crippen molar-refractivity contribution in [3.63, 3.8) is 0 Å². The molecule has 0 heterocycles. The number of alkyl halides is 3. The van der Waals surface area contributed by atoms with E-state index in [1.165, 1.54) is 6.07 Å². The number of carboxylic acid groups (broad SMARTS) is 1. The molecule has 0 unspecified atom stereocenters. The second kappa shape index (κ2) is 5.36. The summed E-state index contributed by atoms with van der Waals surface area (Å²) in [6, 6.07) is 11.6. The lowest BCUT2D eigenvalue weighted by atomic mass is 9.95. The van der Waals surface area contributed by atoms with Gasteiger partial charge in [-0.2, -0.15) is 13.2 Å². The maximum absolute atomic E-state index is 12.8. The highest BCUT2D eigenvalue weighted by Gasteiger charge is 2.31. The van der Waals surface area contributed by atoms with Crippen LogP contribution in [0.15, 0.2) is 48.5 Å². The van der Waals surface area contributed by atoms with Crippen LogP contribution in [0.2, 0.25) is 0 Å². The number of aliphatic carboxylic acids is 1. The summed E-state index contributed by atoms with van der Waals surface area (Å²) in [6.45, 7) is 0. The zero-order chi connectivity index (χ0) is 14.8. The molecule has 104 valence electrons. The van der Waals surface area contributed by atoms with E-state index in [0.717, 1.165) is 12.1 Å². The molecule has 0 bridgehead atoms. The Balaban J connectivity index is 2.57. The van der Waals surface area contributed by atoms with Crippen molar-refractivity contribution in [2.45, 2.75) is 12.6 Å². The van der Waals surface area contributed by atoms with Crippen molar-refractivity contribution in [2.24, 2.45) is 0 Å². The maximum Gasteiger partial charge on any atom is 0.416 e. The first-order valence-electron chi connectivity index (χ1n) is 5.85. The van der Waals surface area contributed by atoms with E-state index in [9.17, 15) is 18.0 Å². The molecule has 0 aromatic heterocycles. The molecular formula is C15H11F3O2. The lowest BCUT2D eigenvalue weighted by Gasteiger charge is -2.13. The lowest BCUT2D eigenvalue weighted by Crippen LogP contribution is -2.07. The van der Waals surface area contributed by atoms with Gasteiger partial charge in [0.05, 0.1) is 12.0 Å². The summed E-state index contributed by atoms with van der Waals surface area (Å²) >= 11 is 0. The topological polar surface area (TPSA) is 37.3 Å². The molecule has 2 aromatic carbocycles. The number of hydrogen-bond acceptors (Lipinski definition) is 1. The molecule has 0 fully saturated rings. The van der Waals surface area contributed by atoms with Gasteiger partial charge in [0.15, 0.2) is 0 Å². The summed E-state index contributed by atoms with van der Waals surface area (Å²) in [4.78, 5) is 10.8. The predicted octanol–water partition coefficient (Wildman–Crippen LogP) is 4.00. The van der Waals surface area contributed by atoms with E-state index >= 15 is 0 Å². The van der Waals surface area contributed by atoms with Crippen molar-refractivity contribution in [3.8, 4) is 11.1 Å². The van der Waals surface area contributed by atoms with E-state index in [-0.39, 0.29) is 6.42 Å². The molecule has 5 heteroatoms. The molecule has 0 aliphatic heterocycles. The monoisotopic (exact) mass is 280 g/mol. The van der Waals surface area contributed by atoms with Crippen molar-refractivity contribution in [3.05, 3.63) is 59.7 Å². The minimum atomic E-state index is -4.45. The van der Waals surface area contributed by atoms with Gasteiger partial charge in [0.1, 0.15) is 0 Å². The van der Waals surface area contributed by atoms with Crippen LogP contribution in [0, 0.1) is 0 Å². The number of hydrogen-bond donors (Lipinski definition) is 1. The van der Waals surface area contributed by atoms with Crippen LogP contribution < -0.4 is 0 Å². The standard InChI is InChI=1S/C15H11F3O2/c16-15(17,18)12-7-6-11(8-14(19)20)13(9-12)10-4-2-1-3-5-10/h1-7,9H,8H2,(H,19,20). The van der Waals surface area contributed by atoms with Gasteiger partial charge in [-0.3, -0.25) is 4.79 Å². The van der Waals surface area contributed by atoms with Crippen LogP contribution in [0.4, 0.5) is 13.2 Å². The van der Waals surface area contributed by atoms with Crippen molar-refractivity contribution < 1.29 is 23.1 Å². The van der Waals surface area contributed by atoms with E-state index in [2.05, 4.69) is 0 Å². The maximum atomic E-state index is 12.8. The van der Waals surface area contributed by atoms with Crippen molar-refractivity contribution >= 4 is 5.97 Å². The molecule has 0 aliphatic rings. The van der Waals surface area contributed by atoms with Gasteiger partial charge in [-0.1, -0.05) is 36.4 Å². The third-order valence-electron chi connectivity index (χ3n) is 2.86. The Morgan fingerprint density at radius 3 is 2.25 bits per heavy atom. The van der Waals surface area contributed by atoms with E-state index < -0.39 is 17.7 Å². The Bertz CT molecular complexity index is 619. The van der Waals surface area contributed by atoms with Crippen LogP contribution in [0.1, 0.15) is 11.1 Å². The molecule has 0 saturated heterocycles. The van der Waals surface area contributed by atoms with E-state index in [4.69, 9.17) is 5.11 Å². The smallest absolute Gasteiger partial charge is 0.416 e. The summed E-state index contributed by atoms with van der Waals surface area (Å²) in [5.41, 5.74) is 0.430. The molecule has 1 N–H and O–H groups in total. The van der Waals surface area contributed by atoms with Crippen LogP contribution >= 0.6 is 0 Å². The Morgan fingerprint density at radius 2 is 1.70 bits per heavy atom. The first-order chi connectivity index (χ1) is 9.38. The molecule has 0 aliphatic carbocycles. The fourth-order valence-electron chi connectivity index (χ4n) is 1.96. The highest BCUT2D eigenvalue weighted by Crippen LogP contribution is 2.34. The number of carbonyl (C=O) groups is 1. The quantitative estimate of drug-likeness (QED) is 0.922. The normalized spacial score (nSPS) is 11.3. The van der Waals surface area contributed by atoms with Crippen LogP contribution in [-0.4, -0.2) is 11.1 Å². The Morgan fingerprint density at radius 1 is 1.05 bits per heavy atom. The van der Waals surface area contributed by atoms with Gasteiger partial charge in [-0.15, -0.1) is 0 Å². The highest BCUT2D eigenvalue weighted by molar-refractivity contribution is 5.77. The van der Waals surface area contributed by atoms with Crippen LogP contribution in [-0.2, 0) is 17.4 Å². The van der Waals surface area contributed by atoms with Crippen LogP contribution in [0.3, 0.4) is 0 Å². The second-order valence-corrected chi connectivity index (χ2v) is 4.31. The summed E-state index contributed by atoms with van der Waals surface area (Å²) < 4.78 is 38.3. The van der Waals surface area contributed by atoms with Crippen LogP contribution in [0.5, 0.6) is 0 Å². The van der Waals surface area contributed by atoms with Crippen LogP contribution in [0.25, 0.3) is 11.1 Å². The molecule has 2 nitrogen and oxygen atoms in total. The highest BCUT2D eigenvalue weighted by atomic mass is 19.4. The first kappa shape index (κ1) is 14.1. The molecule has 2 rings (SSSR count). The van der Waals surface area contributed by atoms with Crippen molar-refractivity contribution in [1.29, 1.82) is 0 Å². The van der Waals surface area contributed by atoms with Crippen molar-refractivity contribution in [2.75, 3.05) is 0 Å². The molecule has 0 radical (unpaired) electrons. The predicted molar refractivity (Wildman–Crippen MR) is 68.2 cm³/mol. The minimum absolute atomic E-state index is 0.294. The minimum Gasteiger partial charge on any atom is -0.481 e. The Hall–Kier alpha value is -2.30. The second-order valence-electron chi connectivity index (χ2n) is 4.31. The molecule has 0 spiro atoms. The third kappa shape index (κ3) is 3.17. The van der Waals surface area contributed by atoms with Gasteiger partial charge in [-0.25, -0.2) is 0 Å². The average Bonchev–Trinajstić information content (AvgIpc) is 2.38. The summed E-state index contributed by atoms with van der Waals surface area (Å²) in [6.07, 6.45) is -4.77. The molecule has 20 heavy (non-hydrogen) atoms. The number of benzene rings is 2. The molecule has 0 atom stereocenters. The van der Waals surface area contributed by atoms with Gasteiger partial charge in [0.2, 0.25) is 0 Å². The molecule has 2 aromatic rings. The van der Waals surface area contributed by atoms with Gasteiger partial charge >= 0.3 is 12.1 Å². The van der Waals surface area contributed by atoms with Gasteiger partial charge in [-0.05, 0) is 28.8 Å². The zero-order valence-corrected chi connectivity index (χ0v) is 10.3. The summed E-state index contributed by atoms with van der Waals surface area (Å²) in [5, 5.41) is 8.85. The summed E-state index contributed by atoms with van der Waals surface area (Å²) in [5.74, 6) is -1.08. The van der Waals surface area contributed by atoms with Gasteiger partial charge < -0.3 is 5.11 Å². The Kier molecular flexibility index (Phi) is 3.79. The molecule has 0 amide bonds. The fourth-order valence-corrected chi connectivity index (χ4v) is 1.96. The lowest BCUT2D eigenvalue weighted by molar-refractivity contribution is -0.137. The Labute approximate surface area is 113 Å². The van der Waals surface area contributed by atoms with Gasteiger partial charge in [0, 0.05) is 0 Å². The first-order valence-corrected chi connectivity index (χ1v) is 5.85. The third-order valence-corrected chi connectivity index (χ3v) is 2.86. The summed E-state index contributed by atoms with van der Waals surface area (Å²) in [7, 11) is 0. The van der Waals surface area contributed by atoms with E-state index in [1.807, 2.05) is 0 Å². The fraction of sp³-hybridized carbons (Fsp3) is 0.133. The average molecular weight is 280 g/mol. The number of carboxylic acids is 1. The SMILES string of the molecule is O=C(O)Cc1ccc(C(F)(F)F)cc1-c1ccccc1. The largest absolute Gasteiger partial charge is 0.481 e. The molecular weight excluding hydrogens is 269 g/mol. The number of halogens is 3.